The lowest BCUT2D eigenvalue weighted by atomic mass is 9.95. The fourth-order valence-electron chi connectivity index (χ4n) is 9.78. The second kappa shape index (κ2) is 33.1. The van der Waals surface area contributed by atoms with Crippen molar-refractivity contribution in [1.29, 1.82) is 0 Å². The van der Waals surface area contributed by atoms with Crippen LogP contribution in [0.4, 0.5) is 0 Å². The Morgan fingerprint density at radius 3 is 0.918 bits per heavy atom. The zero-order chi connectivity index (χ0) is 74.8. The Hall–Kier alpha value is -2.83. The number of ether oxygens (including phenoxy) is 13. The summed E-state index contributed by atoms with van der Waals surface area (Å²) in [5, 5.41) is 43.6. The van der Waals surface area contributed by atoms with Crippen LogP contribution >= 0.6 is 0 Å². The van der Waals surface area contributed by atoms with Crippen LogP contribution in [0, 0.1) is 0 Å². The zero-order valence-electron chi connectivity index (χ0n) is 48.2. The van der Waals surface area contributed by atoms with E-state index in [1.165, 1.54) is 0 Å². The van der Waals surface area contributed by atoms with Gasteiger partial charge >= 0.3 is 106 Å². The number of rotatable bonds is 35. The molecule has 0 aromatic heterocycles. The smallest absolute Gasteiger partial charge is 0.397 e. The number of hydrogen-bond acceptors (Lipinski definition) is 44. The van der Waals surface area contributed by atoms with Gasteiger partial charge in [-0.15, -0.1) is 0 Å². The maximum atomic E-state index is 13.2. The number of carboxylic acids is 2. The summed E-state index contributed by atoms with van der Waals surface area (Å²) in [5.41, 5.74) is 0. The molecule has 0 aromatic rings. The van der Waals surface area contributed by atoms with Gasteiger partial charge in [0.2, 0.25) is 0 Å². The van der Waals surface area contributed by atoms with Crippen molar-refractivity contribution in [2.45, 2.75) is 154 Å². The van der Waals surface area contributed by atoms with Gasteiger partial charge in [0.25, 0.3) is 0 Å². The molecule has 5 fully saturated rings. The summed E-state index contributed by atoms with van der Waals surface area (Å²) in [4.78, 5) is 26.4. The number of carboxylic acid groups (broad SMARTS) is 2. The molecule has 25 atom stereocenters. The number of aliphatic carboxylic acids is 2. The highest BCUT2D eigenvalue weighted by molar-refractivity contribution is 7.82. The molecular weight excluding hydrogens is 1580 g/mol. The molecule has 64 heteroatoms. The molecule has 0 radical (unpaired) electrons. The second-order valence-corrected chi connectivity index (χ2v) is 29.0. The molecule has 0 amide bonds. The fraction of sp³-hybridized carbons (Fsp3) is 0.941. The predicted molar refractivity (Wildman–Crippen MR) is 281 cm³/mol. The lowest BCUT2D eigenvalue weighted by Crippen LogP contribution is -2.70. The number of aliphatic hydroxyl groups excluding tert-OH is 2. The first kappa shape index (κ1) is 85.8. The molecule has 576 valence electrons. The Bertz CT molecular complexity index is 3810. The van der Waals surface area contributed by atoms with Gasteiger partial charge < -0.3 is 82.0 Å². The molecule has 5 aliphatic heterocycles. The number of hydrogen-bond donors (Lipinski definition) is 13. The van der Waals surface area contributed by atoms with Crippen LogP contribution in [0.3, 0.4) is 0 Å². The molecule has 0 aliphatic carbocycles. The standard InChI is InChI=1S/C34H56O55S9/c1-68-12-8(5-72-90(41,42)43)76-33(26(17(12)69-2)88-97(62,63)64)81-19-18(70-3)25(71-4)32(83-23(19)29(38)39)79-14-10(7-74-92(47,48)49)77-34(27(89-98(65,66)67)21(14)86-95(56,57)58)80-15-11(35)16(84-93(50,51)52)31(82-22(15)28(36)37)78-13-9(6-73-91(44,45)46)75-30(40)24(87-96(59,60)61)20(13)85-94(53,54)55/h8-27,30-35,40H,5-7H2,1-4H3,(H,36,37)(H,38,39)(H,41,42,43)(H,44,45,46)(H,47,48,49)(H,50,51,52)(H,53,54,55)(H,56,57,58)(H,59,60,61)(H,62,63,64)(H,65,66,67)/t8-,9-,10-,11+,12-,13-,14-,15+,16-,17?,18+,19+,20+,21+,22-,23+,24-,25-,26-,27-,30+,31-,32-,33-,34-/m1/s1. The molecular formula is C34H56O55S9. The fourth-order valence-corrected chi connectivity index (χ4v) is 13.6. The summed E-state index contributed by atoms with van der Waals surface area (Å²) in [6.07, 6.45) is -71.7. The minimum absolute atomic E-state index is 0.676. The zero-order valence-corrected chi connectivity index (χ0v) is 55.5. The Morgan fingerprint density at radius 2 is 0.561 bits per heavy atom. The molecule has 5 saturated heterocycles. The van der Waals surface area contributed by atoms with E-state index in [1.807, 2.05) is 0 Å². The molecule has 1 unspecified atom stereocenters. The van der Waals surface area contributed by atoms with Gasteiger partial charge in [0.15, 0.2) is 68.1 Å². The molecule has 0 aromatic carbocycles. The van der Waals surface area contributed by atoms with Gasteiger partial charge in [-0.1, -0.05) is 0 Å². The van der Waals surface area contributed by atoms with Crippen molar-refractivity contribution in [1.82, 2.24) is 0 Å². The topological polar surface area (TPSA) is 807 Å². The summed E-state index contributed by atoms with van der Waals surface area (Å²) >= 11 is 0. The van der Waals surface area contributed by atoms with E-state index < -0.39 is 279 Å². The molecule has 0 bridgehead atoms. The average Bonchev–Trinajstić information content (AvgIpc) is 0.761. The van der Waals surface area contributed by atoms with Crippen molar-refractivity contribution < 1.29 is 246 Å². The van der Waals surface area contributed by atoms with Crippen molar-refractivity contribution >= 4 is 106 Å². The van der Waals surface area contributed by atoms with Gasteiger partial charge in [-0.05, 0) is 0 Å². The van der Waals surface area contributed by atoms with Crippen LogP contribution in [-0.2, 0) is 202 Å². The second-order valence-electron chi connectivity index (χ2n) is 19.4. The quantitative estimate of drug-likeness (QED) is 0.0262. The normalized spacial score (nSPS) is 36.9. The van der Waals surface area contributed by atoms with E-state index in [0.29, 0.717) is 14.2 Å². The van der Waals surface area contributed by atoms with E-state index in [0.717, 1.165) is 14.2 Å². The summed E-state index contributed by atoms with van der Waals surface area (Å²) in [6, 6.07) is 0. The summed E-state index contributed by atoms with van der Waals surface area (Å²) in [7, 11) is -51.0. The molecule has 5 aliphatic rings. The van der Waals surface area contributed by atoms with Gasteiger partial charge in [-0.25, -0.2) is 47.2 Å². The first-order chi connectivity index (χ1) is 44.5. The third-order valence-corrected chi connectivity index (χ3v) is 17.2. The lowest BCUT2D eigenvalue weighted by molar-refractivity contribution is -0.384. The van der Waals surface area contributed by atoms with Crippen molar-refractivity contribution in [3.05, 3.63) is 0 Å². The van der Waals surface area contributed by atoms with Crippen molar-refractivity contribution in [3.8, 4) is 0 Å². The minimum Gasteiger partial charge on any atom is -0.479 e. The van der Waals surface area contributed by atoms with Gasteiger partial charge in [-0.2, -0.15) is 75.8 Å². The van der Waals surface area contributed by atoms with Crippen LogP contribution in [0.15, 0.2) is 0 Å². The third-order valence-electron chi connectivity index (χ3n) is 13.1. The molecule has 5 heterocycles. The Labute approximate surface area is 550 Å². The van der Waals surface area contributed by atoms with Gasteiger partial charge in [0.1, 0.15) is 85.5 Å². The Kier molecular flexibility index (Phi) is 29.0. The number of carbonyl (C=O) groups is 2. The van der Waals surface area contributed by atoms with Crippen molar-refractivity contribution in [3.63, 3.8) is 0 Å². The molecule has 98 heavy (non-hydrogen) atoms. The number of methoxy groups -OCH3 is 4. The molecule has 5 rings (SSSR count). The molecule has 55 nitrogen and oxygen atoms in total. The van der Waals surface area contributed by atoms with Gasteiger partial charge in [-0.3, -0.25) is 41.0 Å². The van der Waals surface area contributed by atoms with E-state index in [1.54, 1.807) is 0 Å². The molecule has 0 saturated carbocycles. The summed E-state index contributed by atoms with van der Waals surface area (Å²) in [6.45, 7) is -5.14. The van der Waals surface area contributed by atoms with E-state index >= 15 is 0 Å². The maximum Gasteiger partial charge on any atom is 0.397 e. The minimum atomic E-state index is -6.42. The van der Waals surface area contributed by atoms with E-state index in [4.69, 9.17) is 61.6 Å². The third kappa shape index (κ3) is 25.2. The van der Waals surface area contributed by atoms with Gasteiger partial charge in [0, 0.05) is 28.4 Å². The monoisotopic (exact) mass is 1630 g/mol. The van der Waals surface area contributed by atoms with Crippen LogP contribution < -0.4 is 0 Å². The van der Waals surface area contributed by atoms with Crippen LogP contribution in [0.2, 0.25) is 0 Å². The van der Waals surface area contributed by atoms with Crippen molar-refractivity contribution in [2.75, 3.05) is 48.3 Å². The molecule has 13 N–H and O–H groups in total. The predicted octanol–water partition coefficient (Wildman–Crippen LogP) is -10.7. The van der Waals surface area contributed by atoms with Crippen LogP contribution in [-0.4, -0.2) is 351 Å². The van der Waals surface area contributed by atoms with Crippen molar-refractivity contribution in [2.24, 2.45) is 0 Å². The maximum absolute atomic E-state index is 13.2. The number of aliphatic hydroxyl groups is 2. The Balaban J connectivity index is 1.67. The first-order valence-electron chi connectivity index (χ1n) is 25.1. The first-order valence-corrected chi connectivity index (χ1v) is 37.4. The Morgan fingerprint density at radius 1 is 0.296 bits per heavy atom. The van der Waals surface area contributed by atoms with E-state index in [9.17, 15) is 147 Å². The lowest BCUT2D eigenvalue weighted by Gasteiger charge is -2.50. The average molecular weight is 1630 g/mol. The SMILES string of the molecule is COC1[C@@H](OS(=O)(=O)O)[C@@H](O[C@H]2[C@H](OC)[C@@H](OC)[C@H](O[C@H]3[C@H](OS(=O)(=O)O)[C@@H](OS(=O)(=O)O)[C@@H](O[C@H]4[C@H](O)[C@@H](OS(=O)(=O)O)[C@H](O[C@H]5[C@H](OS(=O)(=O)O)[C@@H](OS(=O)(=O)O)[C@@H](O)O[C@@H]5COS(=O)(=O)O)O[C@H]4C(=O)O)O[C@@H]3COS(=O)(=O)O)O[C@@H]2C(=O)O)O[C@H](COS(=O)(=O)O)[C@H]1OC. The largest absolute Gasteiger partial charge is 0.479 e. The molecule has 0 spiro atoms. The summed E-state index contributed by atoms with van der Waals surface area (Å²) < 4.78 is 415. The highest BCUT2D eigenvalue weighted by Crippen LogP contribution is 2.41. The van der Waals surface area contributed by atoms with Crippen LogP contribution in [0.25, 0.3) is 0 Å². The van der Waals surface area contributed by atoms with Gasteiger partial charge in [0.05, 0.1) is 19.8 Å². The van der Waals surface area contributed by atoms with Crippen LogP contribution in [0.1, 0.15) is 0 Å². The van der Waals surface area contributed by atoms with E-state index in [-0.39, 0.29) is 0 Å². The van der Waals surface area contributed by atoms with Crippen LogP contribution in [0.5, 0.6) is 0 Å². The summed E-state index contributed by atoms with van der Waals surface area (Å²) in [5.74, 6) is -4.88. The highest BCUT2D eigenvalue weighted by atomic mass is 32.3. The highest BCUT2D eigenvalue weighted by Gasteiger charge is 2.63. The van der Waals surface area contributed by atoms with E-state index in [2.05, 4.69) is 37.6 Å².